The van der Waals surface area contributed by atoms with E-state index in [1.165, 1.54) is 0 Å². The molecule has 0 atom stereocenters. The highest BCUT2D eigenvalue weighted by Crippen LogP contribution is 2.33. The van der Waals surface area contributed by atoms with Gasteiger partial charge in [-0.1, -0.05) is 23.7 Å². The molecule has 20 heavy (non-hydrogen) atoms. The first-order valence-corrected chi connectivity index (χ1v) is 6.20. The molecule has 3 rings (SSSR count). The summed E-state index contributed by atoms with van der Waals surface area (Å²) < 4.78 is 27.6. The molecule has 100 valence electrons. The molecule has 0 spiro atoms. The van der Waals surface area contributed by atoms with Gasteiger partial charge in [-0.3, -0.25) is 4.79 Å². The van der Waals surface area contributed by atoms with Crippen LogP contribution in [0.15, 0.2) is 36.4 Å². The molecule has 0 radical (unpaired) electrons. The number of halogens is 3. The van der Waals surface area contributed by atoms with Gasteiger partial charge in [-0.05, 0) is 24.3 Å². The fourth-order valence-electron chi connectivity index (χ4n) is 2.24. The minimum absolute atomic E-state index is 0.0259. The monoisotopic (exact) mass is 291 g/mol. The van der Waals surface area contributed by atoms with E-state index in [1.807, 2.05) is 0 Å². The first kappa shape index (κ1) is 12.8. The Kier molecular flexibility index (Phi) is 3.03. The molecule has 0 aliphatic heterocycles. The third-order valence-corrected chi connectivity index (χ3v) is 3.36. The van der Waals surface area contributed by atoms with Crippen LogP contribution in [0.3, 0.4) is 0 Å². The van der Waals surface area contributed by atoms with Gasteiger partial charge in [0, 0.05) is 16.0 Å². The van der Waals surface area contributed by atoms with Gasteiger partial charge in [-0.15, -0.1) is 0 Å². The summed E-state index contributed by atoms with van der Waals surface area (Å²) in [7, 11) is 0. The number of carbonyl (C=O) groups excluding carboxylic acids is 1. The Bertz CT molecular complexity index is 826. The fourth-order valence-corrected chi connectivity index (χ4v) is 2.43. The number of fused-ring (bicyclic) bond motifs is 1. The van der Waals surface area contributed by atoms with Crippen LogP contribution < -0.4 is 0 Å². The molecule has 1 heterocycles. The largest absolute Gasteiger partial charge is 0.351 e. The van der Waals surface area contributed by atoms with Crippen LogP contribution in [-0.4, -0.2) is 11.3 Å². The van der Waals surface area contributed by atoms with Crippen molar-refractivity contribution in [2.75, 3.05) is 0 Å². The van der Waals surface area contributed by atoms with Crippen molar-refractivity contribution in [2.24, 2.45) is 0 Å². The summed E-state index contributed by atoms with van der Waals surface area (Å²) in [5, 5.41) is 0.425. The maximum Gasteiger partial charge on any atom is 0.152 e. The molecule has 0 saturated heterocycles. The number of benzene rings is 2. The van der Waals surface area contributed by atoms with Crippen LogP contribution in [0.5, 0.6) is 0 Å². The SMILES string of the molecule is O=Cc1c(-c2cccc(Cl)c2)[nH]c2c(F)ccc(F)c12. The molecule has 0 bridgehead atoms. The Hall–Kier alpha value is -2.20. The minimum atomic E-state index is -0.645. The molecule has 0 saturated carbocycles. The zero-order valence-electron chi connectivity index (χ0n) is 10.1. The Morgan fingerprint density at radius 3 is 2.55 bits per heavy atom. The summed E-state index contributed by atoms with van der Waals surface area (Å²) in [5.41, 5.74) is 0.998. The first-order chi connectivity index (χ1) is 9.61. The van der Waals surface area contributed by atoms with Crippen LogP contribution in [0.25, 0.3) is 22.2 Å². The van der Waals surface area contributed by atoms with Crippen molar-refractivity contribution in [1.82, 2.24) is 4.98 Å². The molecule has 1 aromatic heterocycles. The lowest BCUT2D eigenvalue weighted by Crippen LogP contribution is -1.86. The molecule has 0 aliphatic rings. The van der Waals surface area contributed by atoms with Crippen molar-refractivity contribution in [2.45, 2.75) is 0 Å². The Balaban J connectivity index is 2.40. The zero-order valence-corrected chi connectivity index (χ0v) is 10.8. The van der Waals surface area contributed by atoms with Gasteiger partial charge in [0.15, 0.2) is 6.29 Å². The lowest BCUT2D eigenvalue weighted by molar-refractivity contribution is 0.112. The summed E-state index contributed by atoms with van der Waals surface area (Å²) in [4.78, 5) is 14.0. The zero-order chi connectivity index (χ0) is 14.3. The average Bonchev–Trinajstić information content (AvgIpc) is 2.83. The van der Waals surface area contributed by atoms with E-state index in [0.29, 0.717) is 22.6 Å². The van der Waals surface area contributed by atoms with Crippen LogP contribution in [0.2, 0.25) is 5.02 Å². The number of aldehydes is 1. The molecule has 1 N–H and O–H groups in total. The standard InChI is InChI=1S/C15H8ClF2NO/c16-9-3-1-2-8(6-9)14-10(7-20)13-11(17)4-5-12(18)15(13)19-14/h1-7,19H. The number of rotatable bonds is 2. The normalized spacial score (nSPS) is 10.9. The van der Waals surface area contributed by atoms with Crippen molar-refractivity contribution in [1.29, 1.82) is 0 Å². The molecule has 0 fully saturated rings. The Morgan fingerprint density at radius 2 is 1.85 bits per heavy atom. The van der Waals surface area contributed by atoms with Crippen LogP contribution >= 0.6 is 11.6 Å². The van der Waals surface area contributed by atoms with Gasteiger partial charge in [0.05, 0.1) is 16.8 Å². The second-order valence-electron chi connectivity index (χ2n) is 4.32. The summed E-state index contributed by atoms with van der Waals surface area (Å²) in [6, 6.07) is 8.72. The van der Waals surface area contributed by atoms with E-state index in [1.54, 1.807) is 24.3 Å². The molecule has 0 amide bonds. The smallest absolute Gasteiger partial charge is 0.152 e. The van der Waals surface area contributed by atoms with Gasteiger partial charge < -0.3 is 4.98 Å². The highest BCUT2D eigenvalue weighted by molar-refractivity contribution is 6.30. The van der Waals surface area contributed by atoms with Gasteiger partial charge in [0.25, 0.3) is 0 Å². The topological polar surface area (TPSA) is 32.9 Å². The summed E-state index contributed by atoms with van der Waals surface area (Å²) in [6.07, 6.45) is 0.511. The number of aromatic amines is 1. The van der Waals surface area contributed by atoms with E-state index in [9.17, 15) is 13.6 Å². The number of hydrogen-bond acceptors (Lipinski definition) is 1. The predicted octanol–water partition coefficient (Wildman–Crippen LogP) is 4.58. The van der Waals surface area contributed by atoms with Crippen LogP contribution in [0.4, 0.5) is 8.78 Å². The average molecular weight is 292 g/mol. The van der Waals surface area contributed by atoms with Crippen molar-refractivity contribution >= 4 is 28.8 Å². The van der Waals surface area contributed by atoms with Crippen molar-refractivity contribution in [3.05, 3.63) is 58.6 Å². The Morgan fingerprint density at radius 1 is 1.10 bits per heavy atom. The van der Waals surface area contributed by atoms with Crippen molar-refractivity contribution in [3.8, 4) is 11.3 Å². The lowest BCUT2D eigenvalue weighted by atomic mass is 10.1. The number of H-pyrrole nitrogens is 1. The molecule has 2 aromatic carbocycles. The van der Waals surface area contributed by atoms with Gasteiger partial charge in [-0.25, -0.2) is 8.78 Å². The molecule has 0 aliphatic carbocycles. The first-order valence-electron chi connectivity index (χ1n) is 5.82. The minimum Gasteiger partial charge on any atom is -0.351 e. The van der Waals surface area contributed by atoms with E-state index in [0.717, 1.165) is 12.1 Å². The van der Waals surface area contributed by atoms with Crippen molar-refractivity contribution < 1.29 is 13.6 Å². The number of carbonyl (C=O) groups is 1. The predicted molar refractivity (Wildman–Crippen MR) is 74.0 cm³/mol. The molecular weight excluding hydrogens is 284 g/mol. The number of nitrogens with one attached hydrogen (secondary N) is 1. The van der Waals surface area contributed by atoms with E-state index in [-0.39, 0.29) is 16.5 Å². The summed E-state index contributed by atoms with van der Waals surface area (Å²) in [5.74, 6) is -1.26. The maximum atomic E-state index is 13.9. The third kappa shape index (κ3) is 1.89. The number of aromatic nitrogens is 1. The molecular formula is C15H8ClF2NO. The van der Waals surface area contributed by atoms with E-state index in [4.69, 9.17) is 11.6 Å². The highest BCUT2D eigenvalue weighted by Gasteiger charge is 2.18. The van der Waals surface area contributed by atoms with Crippen LogP contribution in [-0.2, 0) is 0 Å². The summed E-state index contributed by atoms with van der Waals surface area (Å²) in [6.45, 7) is 0. The van der Waals surface area contributed by atoms with E-state index in [2.05, 4.69) is 4.98 Å². The molecule has 0 unspecified atom stereocenters. The van der Waals surface area contributed by atoms with Gasteiger partial charge in [-0.2, -0.15) is 0 Å². The van der Waals surface area contributed by atoms with Gasteiger partial charge in [0.1, 0.15) is 11.6 Å². The van der Waals surface area contributed by atoms with E-state index >= 15 is 0 Å². The fraction of sp³-hybridized carbons (Fsp3) is 0. The molecule has 5 heteroatoms. The van der Waals surface area contributed by atoms with Gasteiger partial charge in [0.2, 0.25) is 0 Å². The number of hydrogen-bond donors (Lipinski definition) is 1. The van der Waals surface area contributed by atoms with Crippen LogP contribution in [0, 0.1) is 11.6 Å². The second-order valence-corrected chi connectivity index (χ2v) is 4.76. The summed E-state index contributed by atoms with van der Waals surface area (Å²) >= 11 is 5.90. The van der Waals surface area contributed by atoms with Crippen molar-refractivity contribution in [3.63, 3.8) is 0 Å². The lowest BCUT2D eigenvalue weighted by Gasteiger charge is -2.00. The third-order valence-electron chi connectivity index (χ3n) is 3.12. The van der Waals surface area contributed by atoms with Crippen LogP contribution in [0.1, 0.15) is 10.4 Å². The maximum absolute atomic E-state index is 13.9. The Labute approximate surface area is 118 Å². The quantitative estimate of drug-likeness (QED) is 0.689. The van der Waals surface area contributed by atoms with E-state index < -0.39 is 11.6 Å². The van der Waals surface area contributed by atoms with Gasteiger partial charge >= 0.3 is 0 Å². The molecule has 3 aromatic rings. The highest BCUT2D eigenvalue weighted by atomic mass is 35.5. The molecule has 2 nitrogen and oxygen atoms in total. The second kappa shape index (κ2) is 4.72.